The minimum absolute atomic E-state index is 0.521. The van der Waals surface area contributed by atoms with E-state index >= 15 is 0 Å². The lowest BCUT2D eigenvalue weighted by atomic mass is 10.1. The normalized spacial score (nSPS) is 10.7. The molecule has 0 aliphatic heterocycles. The third kappa shape index (κ3) is 2.38. The zero-order chi connectivity index (χ0) is 14.1. The van der Waals surface area contributed by atoms with Gasteiger partial charge in [0.05, 0.1) is 15.6 Å². The molecule has 0 saturated carbocycles. The first kappa shape index (κ1) is 13.0. The molecule has 1 aromatic heterocycles. The molecule has 0 aliphatic rings. The smallest absolute Gasteiger partial charge is 0.170 e. The molecule has 2 aromatic carbocycles. The van der Waals surface area contributed by atoms with Crippen LogP contribution < -0.4 is 5.73 Å². The Balaban J connectivity index is 2.07. The molecule has 100 valence electrons. The molecule has 0 unspecified atom stereocenters. The molecule has 3 aromatic rings. The molecule has 1 heterocycles. The summed E-state index contributed by atoms with van der Waals surface area (Å²) >= 11 is 12.3. The Morgan fingerprint density at radius 2 is 1.65 bits per heavy atom. The molecule has 5 heteroatoms. The van der Waals surface area contributed by atoms with Crippen LogP contribution in [0.4, 0.5) is 5.69 Å². The summed E-state index contributed by atoms with van der Waals surface area (Å²) < 4.78 is 5.35. The second-order valence-electron chi connectivity index (χ2n) is 4.30. The third-order valence-corrected chi connectivity index (χ3v) is 3.53. The van der Waals surface area contributed by atoms with Crippen molar-refractivity contribution in [3.8, 4) is 22.6 Å². The number of anilines is 1. The summed E-state index contributed by atoms with van der Waals surface area (Å²) in [6.45, 7) is 0. The number of hydrogen-bond donors (Lipinski definition) is 1. The van der Waals surface area contributed by atoms with E-state index in [0.717, 1.165) is 5.56 Å². The van der Waals surface area contributed by atoms with Crippen LogP contribution in [0.3, 0.4) is 0 Å². The van der Waals surface area contributed by atoms with E-state index in [1.54, 1.807) is 24.3 Å². The van der Waals surface area contributed by atoms with E-state index in [9.17, 15) is 0 Å². The SMILES string of the molecule is Nc1cccc(-c2cc(-c3c(Cl)cccc3Cl)on2)c1. The Bertz CT molecular complexity index is 748. The molecule has 0 bridgehead atoms. The highest BCUT2D eigenvalue weighted by Crippen LogP contribution is 2.36. The standard InChI is InChI=1S/C15H10Cl2N2O/c16-11-5-2-6-12(17)15(11)14-8-13(19-20-14)9-3-1-4-10(18)7-9/h1-8H,18H2. The van der Waals surface area contributed by atoms with Crippen LogP contribution in [0.5, 0.6) is 0 Å². The fraction of sp³-hybridized carbons (Fsp3) is 0. The number of rotatable bonds is 2. The largest absolute Gasteiger partial charge is 0.399 e. The van der Waals surface area contributed by atoms with Gasteiger partial charge in [0, 0.05) is 17.3 Å². The molecule has 0 aliphatic carbocycles. The van der Waals surface area contributed by atoms with Crippen LogP contribution in [0, 0.1) is 0 Å². The minimum atomic E-state index is 0.521. The number of nitrogens with zero attached hydrogens (tertiary/aromatic N) is 1. The highest BCUT2D eigenvalue weighted by Gasteiger charge is 2.14. The van der Waals surface area contributed by atoms with Gasteiger partial charge in [0.1, 0.15) is 5.69 Å². The number of halogens is 2. The average Bonchev–Trinajstić information content (AvgIpc) is 2.88. The number of benzene rings is 2. The van der Waals surface area contributed by atoms with Crippen LogP contribution in [-0.2, 0) is 0 Å². The van der Waals surface area contributed by atoms with Gasteiger partial charge in [0.25, 0.3) is 0 Å². The van der Waals surface area contributed by atoms with Crippen molar-refractivity contribution in [3.05, 3.63) is 58.6 Å². The Labute approximate surface area is 125 Å². The van der Waals surface area contributed by atoms with Crippen molar-refractivity contribution in [1.29, 1.82) is 0 Å². The maximum absolute atomic E-state index is 6.15. The van der Waals surface area contributed by atoms with Gasteiger partial charge in [-0.25, -0.2) is 0 Å². The first-order valence-corrected chi connectivity index (χ1v) is 6.68. The maximum Gasteiger partial charge on any atom is 0.170 e. The molecule has 2 N–H and O–H groups in total. The van der Waals surface area contributed by atoms with Crippen LogP contribution in [0.2, 0.25) is 10.0 Å². The van der Waals surface area contributed by atoms with Gasteiger partial charge in [-0.3, -0.25) is 0 Å². The molecule has 0 radical (unpaired) electrons. The van der Waals surface area contributed by atoms with Gasteiger partial charge in [-0.05, 0) is 24.3 Å². The summed E-state index contributed by atoms with van der Waals surface area (Å²) in [5.41, 5.74) is 8.63. The van der Waals surface area contributed by atoms with E-state index in [0.29, 0.717) is 32.8 Å². The van der Waals surface area contributed by atoms with Crippen molar-refractivity contribution >= 4 is 28.9 Å². The zero-order valence-electron chi connectivity index (χ0n) is 10.3. The second kappa shape index (κ2) is 5.19. The summed E-state index contributed by atoms with van der Waals surface area (Å²) in [5.74, 6) is 0.526. The summed E-state index contributed by atoms with van der Waals surface area (Å²) in [6, 6.07) is 14.5. The van der Waals surface area contributed by atoms with Crippen molar-refractivity contribution in [2.24, 2.45) is 0 Å². The fourth-order valence-electron chi connectivity index (χ4n) is 1.96. The molecule has 0 fully saturated rings. The Morgan fingerprint density at radius 1 is 0.950 bits per heavy atom. The van der Waals surface area contributed by atoms with Crippen molar-refractivity contribution < 1.29 is 4.52 Å². The molecule has 3 nitrogen and oxygen atoms in total. The second-order valence-corrected chi connectivity index (χ2v) is 5.11. The van der Waals surface area contributed by atoms with Gasteiger partial charge in [-0.1, -0.05) is 46.6 Å². The van der Waals surface area contributed by atoms with E-state index in [1.165, 1.54) is 0 Å². The van der Waals surface area contributed by atoms with Gasteiger partial charge >= 0.3 is 0 Å². The molecule has 3 rings (SSSR count). The van der Waals surface area contributed by atoms with Crippen molar-refractivity contribution in [2.75, 3.05) is 5.73 Å². The van der Waals surface area contributed by atoms with E-state index in [1.807, 2.05) is 24.3 Å². The fourth-order valence-corrected chi connectivity index (χ4v) is 2.54. The summed E-state index contributed by atoms with van der Waals surface area (Å²) in [7, 11) is 0. The topological polar surface area (TPSA) is 52.0 Å². The molecule has 0 saturated heterocycles. The van der Waals surface area contributed by atoms with E-state index in [2.05, 4.69) is 5.16 Å². The summed E-state index contributed by atoms with van der Waals surface area (Å²) in [4.78, 5) is 0. The highest BCUT2D eigenvalue weighted by molar-refractivity contribution is 6.39. The van der Waals surface area contributed by atoms with Crippen LogP contribution >= 0.6 is 23.2 Å². The summed E-state index contributed by atoms with van der Waals surface area (Å²) in [6.07, 6.45) is 0. The highest BCUT2D eigenvalue weighted by atomic mass is 35.5. The van der Waals surface area contributed by atoms with E-state index < -0.39 is 0 Å². The first-order chi connectivity index (χ1) is 9.65. The Hall–Kier alpha value is -1.97. The number of nitrogen functional groups attached to an aromatic ring is 1. The average molecular weight is 305 g/mol. The van der Waals surface area contributed by atoms with E-state index in [-0.39, 0.29) is 0 Å². The molecule has 0 spiro atoms. The molecule has 0 amide bonds. The van der Waals surface area contributed by atoms with Crippen LogP contribution in [0.15, 0.2) is 53.1 Å². The van der Waals surface area contributed by atoms with Gasteiger partial charge < -0.3 is 10.3 Å². The van der Waals surface area contributed by atoms with Gasteiger partial charge in [0.15, 0.2) is 5.76 Å². The Morgan fingerprint density at radius 3 is 2.35 bits per heavy atom. The molecule has 20 heavy (non-hydrogen) atoms. The lowest BCUT2D eigenvalue weighted by molar-refractivity contribution is 0.435. The minimum Gasteiger partial charge on any atom is -0.399 e. The van der Waals surface area contributed by atoms with Crippen molar-refractivity contribution in [1.82, 2.24) is 5.16 Å². The molecular weight excluding hydrogens is 295 g/mol. The first-order valence-electron chi connectivity index (χ1n) is 5.92. The summed E-state index contributed by atoms with van der Waals surface area (Å²) in [5, 5.41) is 5.08. The van der Waals surface area contributed by atoms with Crippen LogP contribution in [0.1, 0.15) is 0 Å². The van der Waals surface area contributed by atoms with Gasteiger partial charge in [0.2, 0.25) is 0 Å². The van der Waals surface area contributed by atoms with Crippen molar-refractivity contribution in [2.45, 2.75) is 0 Å². The predicted octanol–water partition coefficient (Wildman–Crippen LogP) is 4.90. The lowest BCUT2D eigenvalue weighted by Crippen LogP contribution is -1.84. The molecule has 0 atom stereocenters. The zero-order valence-corrected chi connectivity index (χ0v) is 11.8. The maximum atomic E-state index is 6.15. The predicted molar refractivity (Wildman–Crippen MR) is 81.8 cm³/mol. The number of nitrogens with two attached hydrogens (primary N) is 1. The van der Waals surface area contributed by atoms with Crippen molar-refractivity contribution in [3.63, 3.8) is 0 Å². The lowest BCUT2D eigenvalue weighted by Gasteiger charge is -2.01. The number of aromatic nitrogens is 1. The number of hydrogen-bond acceptors (Lipinski definition) is 3. The van der Waals surface area contributed by atoms with Crippen LogP contribution in [0.25, 0.3) is 22.6 Å². The quantitative estimate of drug-likeness (QED) is 0.685. The van der Waals surface area contributed by atoms with Gasteiger partial charge in [-0.15, -0.1) is 0 Å². The Kier molecular flexibility index (Phi) is 3.38. The monoisotopic (exact) mass is 304 g/mol. The van der Waals surface area contributed by atoms with Crippen LogP contribution in [-0.4, -0.2) is 5.16 Å². The third-order valence-electron chi connectivity index (χ3n) is 2.90. The van der Waals surface area contributed by atoms with Gasteiger partial charge in [-0.2, -0.15) is 0 Å². The van der Waals surface area contributed by atoms with E-state index in [4.69, 9.17) is 33.5 Å². The molecular formula is C15H10Cl2N2O.